The molecule has 0 aliphatic carbocycles. The second-order valence-electron chi connectivity index (χ2n) is 8.84. The van der Waals surface area contributed by atoms with E-state index in [0.717, 1.165) is 33.2 Å². The summed E-state index contributed by atoms with van der Waals surface area (Å²) in [7, 11) is -2.33. The molecule has 0 fully saturated rings. The number of ether oxygens (including phenoxy) is 1. The summed E-state index contributed by atoms with van der Waals surface area (Å²) in [5.74, 6) is 0.576. The van der Waals surface area contributed by atoms with E-state index in [1.807, 2.05) is 57.2 Å². The second kappa shape index (κ2) is 10.1. The molecule has 1 heterocycles. The number of hydrogen-bond acceptors (Lipinski definition) is 4. The van der Waals surface area contributed by atoms with Crippen molar-refractivity contribution < 1.29 is 13.2 Å². The van der Waals surface area contributed by atoms with E-state index < -0.39 is 10.0 Å². The molecule has 182 valence electrons. The second-order valence-corrected chi connectivity index (χ2v) is 10.8. The van der Waals surface area contributed by atoms with Gasteiger partial charge in [-0.15, -0.1) is 0 Å². The number of nitrogens with zero attached hydrogens (tertiary/aromatic N) is 1. The fourth-order valence-corrected chi connectivity index (χ4v) is 5.57. The van der Waals surface area contributed by atoms with Crippen molar-refractivity contribution >= 4 is 20.9 Å². The van der Waals surface area contributed by atoms with Crippen LogP contribution in [0.25, 0.3) is 10.9 Å². The Labute approximate surface area is 206 Å². The molecule has 4 rings (SSSR count). The Morgan fingerprint density at radius 1 is 0.857 bits per heavy atom. The summed E-state index contributed by atoms with van der Waals surface area (Å²) < 4.78 is 33.9. The first-order chi connectivity index (χ1) is 16.7. The van der Waals surface area contributed by atoms with Gasteiger partial charge < -0.3 is 9.72 Å². The largest absolute Gasteiger partial charge is 0.497 e. The molecule has 3 aromatic carbocycles. The third kappa shape index (κ3) is 5.31. The highest BCUT2D eigenvalue weighted by molar-refractivity contribution is 7.89. The molecule has 4 aromatic rings. The molecule has 0 radical (unpaired) electrons. The maximum Gasteiger partial charge on any atom is 0.252 e. The van der Waals surface area contributed by atoms with Gasteiger partial charge in [-0.05, 0) is 97.3 Å². The van der Waals surface area contributed by atoms with E-state index in [1.165, 1.54) is 23.5 Å². The van der Waals surface area contributed by atoms with Crippen molar-refractivity contribution in [3.63, 3.8) is 0 Å². The molecule has 0 amide bonds. The van der Waals surface area contributed by atoms with Crippen molar-refractivity contribution in [3.8, 4) is 5.75 Å². The molecule has 7 heteroatoms. The monoisotopic (exact) mass is 490 g/mol. The lowest BCUT2D eigenvalue weighted by Crippen LogP contribution is -2.34. The number of fused-ring (bicyclic) bond motifs is 1. The maximum absolute atomic E-state index is 13.7. The highest BCUT2D eigenvalue weighted by Gasteiger charge is 2.26. The number of H-pyrrole nitrogens is 1. The van der Waals surface area contributed by atoms with E-state index in [9.17, 15) is 13.2 Å². The van der Waals surface area contributed by atoms with Crippen molar-refractivity contribution in [3.05, 3.63) is 105 Å². The zero-order chi connectivity index (χ0) is 25.2. The first-order valence-electron chi connectivity index (χ1n) is 11.5. The fraction of sp³-hybridized carbons (Fsp3) is 0.250. The van der Waals surface area contributed by atoms with Crippen LogP contribution in [0.3, 0.4) is 0 Å². The first-order valence-corrected chi connectivity index (χ1v) is 12.9. The van der Waals surface area contributed by atoms with Crippen molar-refractivity contribution in [2.24, 2.45) is 0 Å². The zero-order valence-corrected chi connectivity index (χ0v) is 21.3. The number of rotatable bonds is 8. The molecular formula is C28H30N2O4S. The van der Waals surface area contributed by atoms with Gasteiger partial charge in [-0.3, -0.25) is 4.79 Å². The molecule has 1 aromatic heterocycles. The summed E-state index contributed by atoms with van der Waals surface area (Å²) >= 11 is 0. The maximum atomic E-state index is 13.7. The average Bonchev–Trinajstić information content (AvgIpc) is 2.84. The number of aromatic amines is 1. The fourth-order valence-electron chi connectivity index (χ4n) is 4.15. The highest BCUT2D eigenvalue weighted by Crippen LogP contribution is 2.23. The Balaban J connectivity index is 1.73. The molecule has 0 aliphatic heterocycles. The van der Waals surface area contributed by atoms with Crippen LogP contribution in [0.1, 0.15) is 27.8 Å². The van der Waals surface area contributed by atoms with Gasteiger partial charge in [0.2, 0.25) is 10.0 Å². The Bertz CT molecular complexity index is 1520. The molecule has 0 unspecified atom stereocenters. The summed E-state index contributed by atoms with van der Waals surface area (Å²) in [5, 5.41) is 0.878. The van der Waals surface area contributed by atoms with Crippen molar-refractivity contribution in [1.82, 2.24) is 9.29 Å². The first kappa shape index (κ1) is 24.7. The molecule has 0 bridgehead atoms. The highest BCUT2D eigenvalue weighted by atomic mass is 32.2. The van der Waals surface area contributed by atoms with Crippen LogP contribution in [0, 0.1) is 20.8 Å². The summed E-state index contributed by atoms with van der Waals surface area (Å²) in [5.41, 5.74) is 5.23. The van der Waals surface area contributed by atoms with Gasteiger partial charge in [0.15, 0.2) is 0 Å². The van der Waals surface area contributed by atoms with E-state index >= 15 is 0 Å². The average molecular weight is 491 g/mol. The number of hydrogen-bond donors (Lipinski definition) is 1. The number of aryl methyl sites for hydroxylation is 3. The van der Waals surface area contributed by atoms with Crippen LogP contribution in [0.4, 0.5) is 0 Å². The smallest absolute Gasteiger partial charge is 0.252 e. The quantitative estimate of drug-likeness (QED) is 0.381. The predicted molar refractivity (Wildman–Crippen MR) is 140 cm³/mol. The van der Waals surface area contributed by atoms with Crippen molar-refractivity contribution in [2.45, 2.75) is 38.6 Å². The number of aromatic nitrogens is 1. The lowest BCUT2D eigenvalue weighted by atomic mass is 10.0. The Hall–Kier alpha value is -3.42. The molecule has 0 saturated heterocycles. The van der Waals surface area contributed by atoms with Crippen molar-refractivity contribution in [2.75, 3.05) is 13.7 Å². The summed E-state index contributed by atoms with van der Waals surface area (Å²) in [6.45, 7) is 6.23. The van der Waals surface area contributed by atoms with Gasteiger partial charge >= 0.3 is 0 Å². The van der Waals surface area contributed by atoms with E-state index in [0.29, 0.717) is 17.7 Å². The SMILES string of the molecule is COc1ccc(S(=O)(=O)N(CCc2ccccc2C)Cc2cc3cc(C)c(C)cc3[nH]c2=O)cc1. The molecular weight excluding hydrogens is 460 g/mol. The number of benzene rings is 3. The van der Waals surface area contributed by atoms with Gasteiger partial charge in [0, 0.05) is 24.2 Å². The van der Waals surface area contributed by atoms with Gasteiger partial charge in [-0.25, -0.2) is 8.42 Å². The van der Waals surface area contributed by atoms with Crippen LogP contribution >= 0.6 is 0 Å². The van der Waals surface area contributed by atoms with Crippen molar-refractivity contribution in [1.29, 1.82) is 0 Å². The minimum Gasteiger partial charge on any atom is -0.497 e. The topological polar surface area (TPSA) is 79.5 Å². The van der Waals surface area contributed by atoms with Crippen LogP contribution in [0.15, 0.2) is 76.4 Å². The third-order valence-corrected chi connectivity index (χ3v) is 8.33. The van der Waals surface area contributed by atoms with Gasteiger partial charge in [0.25, 0.3) is 5.56 Å². The molecule has 0 saturated carbocycles. The Morgan fingerprint density at radius 2 is 1.54 bits per heavy atom. The molecule has 0 aliphatic rings. The van der Waals surface area contributed by atoms with E-state index in [1.54, 1.807) is 18.2 Å². The summed E-state index contributed by atoms with van der Waals surface area (Å²) in [4.78, 5) is 16.0. The van der Waals surface area contributed by atoms with Gasteiger partial charge in [-0.2, -0.15) is 4.31 Å². The number of nitrogens with one attached hydrogen (secondary N) is 1. The minimum absolute atomic E-state index is 0.0293. The number of methoxy groups -OCH3 is 1. The van der Waals surface area contributed by atoms with Gasteiger partial charge in [-0.1, -0.05) is 24.3 Å². The van der Waals surface area contributed by atoms with Crippen LogP contribution in [-0.4, -0.2) is 31.4 Å². The molecule has 35 heavy (non-hydrogen) atoms. The Kier molecular flexibility index (Phi) is 7.10. The lowest BCUT2D eigenvalue weighted by molar-refractivity contribution is 0.406. The summed E-state index contributed by atoms with van der Waals surface area (Å²) in [6, 6.07) is 20.0. The van der Waals surface area contributed by atoms with E-state index in [2.05, 4.69) is 4.98 Å². The lowest BCUT2D eigenvalue weighted by Gasteiger charge is -2.23. The zero-order valence-electron chi connectivity index (χ0n) is 20.5. The molecule has 1 N–H and O–H groups in total. The van der Waals surface area contributed by atoms with E-state index in [4.69, 9.17) is 4.74 Å². The number of sulfonamides is 1. The minimum atomic E-state index is -3.87. The molecule has 0 atom stereocenters. The molecule has 6 nitrogen and oxygen atoms in total. The number of pyridine rings is 1. The van der Waals surface area contributed by atoms with E-state index in [-0.39, 0.29) is 23.5 Å². The molecule has 0 spiro atoms. The normalized spacial score (nSPS) is 11.8. The van der Waals surface area contributed by atoms with Crippen LogP contribution in [0.2, 0.25) is 0 Å². The van der Waals surface area contributed by atoms with Crippen LogP contribution < -0.4 is 10.3 Å². The third-order valence-electron chi connectivity index (χ3n) is 6.47. The van der Waals surface area contributed by atoms with Gasteiger partial charge in [0.05, 0.1) is 12.0 Å². The summed E-state index contributed by atoms with van der Waals surface area (Å²) in [6.07, 6.45) is 0.534. The predicted octanol–water partition coefficient (Wildman–Crippen LogP) is 4.90. The van der Waals surface area contributed by atoms with Gasteiger partial charge in [0.1, 0.15) is 5.75 Å². The Morgan fingerprint density at radius 3 is 2.23 bits per heavy atom. The van der Waals surface area contributed by atoms with Crippen LogP contribution in [0.5, 0.6) is 5.75 Å². The standard InChI is InChI=1S/C28H30N2O4S/c1-19-7-5-6-8-22(19)13-14-30(35(32,33)26-11-9-25(34-4)10-12-26)18-24-17-23-15-20(2)21(3)16-27(23)29-28(24)31/h5-12,15-17H,13-14,18H2,1-4H3,(H,29,31). The van der Waals surface area contributed by atoms with Crippen LogP contribution in [-0.2, 0) is 23.0 Å².